The topological polar surface area (TPSA) is 54.9 Å². The standard InChI is InChI=1S/C25H27N3O/c1-23(2)24(3)14-15-25(23,22(29)26-16-13-17-9-5-4-6-10-17)21-20(24)27-18-11-7-8-12-19(18)28-21/h4-12H,13-16H2,1-3H3,(H,26,29)/t24-,25+/m0/s1. The Balaban J connectivity index is 1.53. The van der Waals surface area contributed by atoms with Gasteiger partial charge in [0.2, 0.25) is 5.91 Å². The van der Waals surface area contributed by atoms with Crippen LogP contribution in [-0.2, 0) is 22.0 Å². The van der Waals surface area contributed by atoms with E-state index in [0.29, 0.717) is 6.54 Å². The van der Waals surface area contributed by atoms with Crippen LogP contribution in [0.4, 0.5) is 0 Å². The van der Waals surface area contributed by atoms with E-state index in [-0.39, 0.29) is 16.7 Å². The number of benzene rings is 2. The Morgan fingerprint density at radius 1 is 0.897 bits per heavy atom. The summed E-state index contributed by atoms with van der Waals surface area (Å²) >= 11 is 0. The van der Waals surface area contributed by atoms with Crippen LogP contribution in [0.1, 0.15) is 50.6 Å². The summed E-state index contributed by atoms with van der Waals surface area (Å²) in [6.45, 7) is 7.35. The molecule has 3 aromatic rings. The number of carbonyl (C=O) groups excluding carboxylic acids is 1. The van der Waals surface area contributed by atoms with Crippen LogP contribution in [-0.4, -0.2) is 22.4 Å². The van der Waals surface area contributed by atoms with Crippen molar-refractivity contribution >= 4 is 16.9 Å². The molecule has 1 aromatic heterocycles. The summed E-state index contributed by atoms with van der Waals surface area (Å²) < 4.78 is 0. The fourth-order valence-corrected chi connectivity index (χ4v) is 5.67. The number of para-hydroxylation sites is 2. The zero-order valence-corrected chi connectivity index (χ0v) is 17.3. The molecule has 0 radical (unpaired) electrons. The van der Waals surface area contributed by atoms with E-state index in [0.717, 1.165) is 41.7 Å². The first-order chi connectivity index (χ1) is 13.9. The van der Waals surface area contributed by atoms with Gasteiger partial charge in [-0.15, -0.1) is 0 Å². The molecule has 0 spiro atoms. The lowest BCUT2D eigenvalue weighted by molar-refractivity contribution is -0.130. The number of hydrogen-bond donors (Lipinski definition) is 1. The van der Waals surface area contributed by atoms with Crippen molar-refractivity contribution in [3.05, 3.63) is 71.5 Å². The minimum Gasteiger partial charge on any atom is -0.355 e. The third-order valence-electron chi connectivity index (χ3n) is 7.87. The number of carbonyl (C=O) groups is 1. The van der Waals surface area contributed by atoms with Gasteiger partial charge in [-0.2, -0.15) is 0 Å². The molecule has 0 unspecified atom stereocenters. The predicted octanol–water partition coefficient (Wildman–Crippen LogP) is 4.32. The third-order valence-corrected chi connectivity index (χ3v) is 7.87. The second-order valence-electron chi connectivity index (χ2n) is 9.26. The van der Waals surface area contributed by atoms with Crippen molar-refractivity contribution in [1.82, 2.24) is 15.3 Å². The van der Waals surface area contributed by atoms with Crippen LogP contribution in [0.15, 0.2) is 54.6 Å². The van der Waals surface area contributed by atoms with Crippen molar-refractivity contribution in [2.45, 2.75) is 50.9 Å². The van der Waals surface area contributed by atoms with Gasteiger partial charge in [0, 0.05) is 12.0 Å². The molecule has 4 nitrogen and oxygen atoms in total. The summed E-state index contributed by atoms with van der Waals surface area (Å²) in [7, 11) is 0. The van der Waals surface area contributed by atoms with Crippen LogP contribution in [0.5, 0.6) is 0 Å². The molecule has 148 valence electrons. The monoisotopic (exact) mass is 385 g/mol. The van der Waals surface area contributed by atoms with Crippen molar-refractivity contribution in [2.24, 2.45) is 5.41 Å². The normalized spacial score (nSPS) is 26.4. The highest BCUT2D eigenvalue weighted by Crippen LogP contribution is 2.70. The van der Waals surface area contributed by atoms with Crippen LogP contribution in [0.2, 0.25) is 0 Å². The zero-order valence-electron chi connectivity index (χ0n) is 17.3. The number of nitrogens with one attached hydrogen (secondary N) is 1. The maximum Gasteiger partial charge on any atom is 0.232 e. The van der Waals surface area contributed by atoms with Gasteiger partial charge in [0.15, 0.2) is 0 Å². The summed E-state index contributed by atoms with van der Waals surface area (Å²) in [5, 5.41) is 3.25. The summed E-state index contributed by atoms with van der Waals surface area (Å²) in [5.41, 5.74) is 3.93. The van der Waals surface area contributed by atoms with Gasteiger partial charge in [-0.05, 0) is 42.4 Å². The van der Waals surface area contributed by atoms with Gasteiger partial charge in [-0.25, -0.2) is 9.97 Å². The summed E-state index contributed by atoms with van der Waals surface area (Å²) in [5.74, 6) is 0.102. The van der Waals surface area contributed by atoms with Crippen LogP contribution in [0.3, 0.4) is 0 Å². The highest BCUT2D eigenvalue weighted by atomic mass is 16.2. The molecule has 1 heterocycles. The molecule has 2 aromatic carbocycles. The Hall–Kier alpha value is -2.75. The molecular weight excluding hydrogens is 358 g/mol. The minimum absolute atomic E-state index is 0.102. The smallest absolute Gasteiger partial charge is 0.232 e. The third kappa shape index (κ3) is 2.29. The summed E-state index contributed by atoms with van der Waals surface area (Å²) in [6.07, 6.45) is 2.62. The Bertz CT molecular complexity index is 1110. The Morgan fingerprint density at radius 3 is 2.21 bits per heavy atom. The van der Waals surface area contributed by atoms with Crippen molar-refractivity contribution in [2.75, 3.05) is 6.54 Å². The number of aromatic nitrogens is 2. The first kappa shape index (κ1) is 18.3. The van der Waals surface area contributed by atoms with Crippen molar-refractivity contribution < 1.29 is 4.79 Å². The number of rotatable bonds is 4. The van der Waals surface area contributed by atoms with E-state index >= 15 is 0 Å². The van der Waals surface area contributed by atoms with E-state index in [4.69, 9.17) is 9.97 Å². The molecule has 1 N–H and O–H groups in total. The molecule has 1 amide bonds. The van der Waals surface area contributed by atoms with E-state index in [1.165, 1.54) is 5.56 Å². The Labute approximate surface area is 171 Å². The zero-order chi connectivity index (χ0) is 20.3. The molecule has 1 fully saturated rings. The van der Waals surface area contributed by atoms with Crippen molar-refractivity contribution in [1.29, 1.82) is 0 Å². The fourth-order valence-electron chi connectivity index (χ4n) is 5.67. The molecule has 1 saturated carbocycles. The van der Waals surface area contributed by atoms with Gasteiger partial charge in [0.1, 0.15) is 0 Å². The molecule has 2 aliphatic rings. The van der Waals surface area contributed by atoms with Gasteiger partial charge in [0.25, 0.3) is 0 Å². The van der Waals surface area contributed by atoms with E-state index < -0.39 is 5.41 Å². The molecular formula is C25H27N3O. The van der Waals surface area contributed by atoms with Crippen LogP contribution in [0, 0.1) is 5.41 Å². The Morgan fingerprint density at radius 2 is 1.52 bits per heavy atom. The number of amides is 1. The molecule has 4 heteroatoms. The van der Waals surface area contributed by atoms with Gasteiger partial charge < -0.3 is 5.32 Å². The van der Waals surface area contributed by atoms with Gasteiger partial charge in [-0.3, -0.25) is 4.79 Å². The first-order valence-corrected chi connectivity index (χ1v) is 10.5. The van der Waals surface area contributed by atoms with Crippen LogP contribution < -0.4 is 5.32 Å². The van der Waals surface area contributed by atoms with Crippen molar-refractivity contribution in [3.63, 3.8) is 0 Å². The maximum absolute atomic E-state index is 13.7. The number of fused-ring (bicyclic) bond motifs is 6. The van der Waals surface area contributed by atoms with Gasteiger partial charge >= 0.3 is 0 Å². The van der Waals surface area contributed by atoms with Gasteiger partial charge in [0.05, 0.1) is 27.8 Å². The SMILES string of the molecule is CC1(C)[C@@]2(C)CC[C@]1(C(=O)NCCc1ccccc1)c1nc3ccccc3nc12. The Kier molecular flexibility index (Phi) is 3.86. The van der Waals surface area contributed by atoms with Crippen LogP contribution >= 0.6 is 0 Å². The molecule has 2 aliphatic carbocycles. The molecule has 0 saturated heterocycles. The van der Waals surface area contributed by atoms with E-state index in [1.54, 1.807) is 0 Å². The minimum atomic E-state index is -0.620. The quantitative estimate of drug-likeness (QED) is 0.728. The highest BCUT2D eigenvalue weighted by Gasteiger charge is 2.73. The molecule has 29 heavy (non-hydrogen) atoms. The number of nitrogens with zero attached hydrogens (tertiary/aromatic N) is 2. The lowest BCUT2D eigenvalue weighted by atomic mass is 9.63. The van der Waals surface area contributed by atoms with Crippen LogP contribution in [0.25, 0.3) is 11.0 Å². The molecule has 0 aliphatic heterocycles. The molecule has 2 atom stereocenters. The first-order valence-electron chi connectivity index (χ1n) is 10.5. The summed E-state index contributed by atoms with van der Waals surface area (Å²) in [6, 6.07) is 18.3. The predicted molar refractivity (Wildman–Crippen MR) is 115 cm³/mol. The van der Waals surface area contributed by atoms with Gasteiger partial charge in [-0.1, -0.05) is 63.2 Å². The second kappa shape index (κ2) is 6.12. The largest absolute Gasteiger partial charge is 0.355 e. The number of hydrogen-bond acceptors (Lipinski definition) is 3. The lowest BCUT2D eigenvalue weighted by Crippen LogP contribution is -2.51. The van der Waals surface area contributed by atoms with E-state index in [1.807, 2.05) is 42.5 Å². The average Bonchev–Trinajstić information content (AvgIpc) is 3.02. The maximum atomic E-state index is 13.7. The lowest BCUT2D eigenvalue weighted by Gasteiger charge is -2.39. The van der Waals surface area contributed by atoms with E-state index in [9.17, 15) is 4.79 Å². The summed E-state index contributed by atoms with van der Waals surface area (Å²) in [4.78, 5) is 23.7. The average molecular weight is 386 g/mol. The fraction of sp³-hybridized carbons (Fsp3) is 0.400. The second-order valence-corrected chi connectivity index (χ2v) is 9.26. The highest BCUT2D eigenvalue weighted by molar-refractivity contribution is 5.92. The van der Waals surface area contributed by atoms with E-state index in [2.05, 4.69) is 38.2 Å². The molecule has 5 rings (SSSR count). The van der Waals surface area contributed by atoms with Crippen molar-refractivity contribution in [3.8, 4) is 0 Å². The molecule has 2 bridgehead atoms.